The summed E-state index contributed by atoms with van der Waals surface area (Å²) in [5.41, 5.74) is 6.35. The van der Waals surface area contributed by atoms with Crippen molar-refractivity contribution in [2.75, 3.05) is 40.5 Å². The van der Waals surface area contributed by atoms with Crippen LogP contribution in [-0.2, 0) is 10.2 Å². The second kappa shape index (κ2) is 10.2. The molecule has 1 heterocycles. The summed E-state index contributed by atoms with van der Waals surface area (Å²) in [6.07, 6.45) is 1.43. The van der Waals surface area contributed by atoms with Gasteiger partial charge in [0.1, 0.15) is 6.17 Å². The molecule has 0 radical (unpaired) electrons. The first-order chi connectivity index (χ1) is 15.3. The van der Waals surface area contributed by atoms with E-state index in [1.165, 1.54) is 11.1 Å². The lowest BCUT2D eigenvalue weighted by Gasteiger charge is -2.25. The van der Waals surface area contributed by atoms with E-state index in [4.69, 9.17) is 4.74 Å². The summed E-state index contributed by atoms with van der Waals surface area (Å²) in [6.45, 7) is 15.1. The van der Waals surface area contributed by atoms with E-state index in [0.717, 1.165) is 48.7 Å². The third-order valence-electron chi connectivity index (χ3n) is 5.92. The maximum absolute atomic E-state index is 12.3. The molecule has 0 aromatic heterocycles. The summed E-state index contributed by atoms with van der Waals surface area (Å²) >= 11 is 0. The van der Waals surface area contributed by atoms with Crippen molar-refractivity contribution >= 4 is 28.8 Å². The minimum absolute atomic E-state index is 0.0182. The Labute approximate surface area is 192 Å². The first kappa shape index (κ1) is 23.8. The molecule has 1 aliphatic heterocycles. The number of benzene rings is 2. The van der Waals surface area contributed by atoms with Crippen molar-refractivity contribution < 1.29 is 9.53 Å². The second-order valence-corrected chi connectivity index (χ2v) is 9.30. The molecule has 0 saturated carbocycles. The molecular formula is C26H38N4O2. The number of nitrogens with one attached hydrogen (secondary N) is 3. The molecule has 174 valence electrons. The van der Waals surface area contributed by atoms with E-state index in [1.807, 2.05) is 6.07 Å². The minimum Gasteiger partial charge on any atom is -0.449 e. The van der Waals surface area contributed by atoms with E-state index >= 15 is 0 Å². The third-order valence-corrected chi connectivity index (χ3v) is 5.92. The predicted molar refractivity (Wildman–Crippen MR) is 135 cm³/mol. The number of rotatable bonds is 8. The fourth-order valence-corrected chi connectivity index (χ4v) is 3.90. The van der Waals surface area contributed by atoms with Crippen molar-refractivity contribution in [1.82, 2.24) is 0 Å². The van der Waals surface area contributed by atoms with Gasteiger partial charge in [0.25, 0.3) is 0 Å². The van der Waals surface area contributed by atoms with Gasteiger partial charge in [0.15, 0.2) is 0 Å². The van der Waals surface area contributed by atoms with E-state index in [2.05, 4.69) is 92.7 Å². The normalized spacial score (nSPS) is 14.9. The standard InChI is InChI=1S/C26H38N4O2/c1-7-10-15-32-25(31)29-22-16-20-21(17-23(22)30(8-2)9-3)28-24(27-20)18-11-13-19(14-12-18)26(4,5)6/h11-14,16-17,24,27-28H,7-10,15H2,1-6H3,(H,29,31). The average Bonchev–Trinajstić information content (AvgIpc) is 3.17. The Kier molecular flexibility index (Phi) is 7.54. The SMILES string of the molecule is CCCCOC(=O)Nc1cc2c(cc1N(CC)CC)NC(c1ccc(C(C)(C)C)cc1)N2. The zero-order valence-electron chi connectivity index (χ0n) is 20.3. The lowest BCUT2D eigenvalue weighted by atomic mass is 9.86. The Hall–Kier alpha value is -2.89. The second-order valence-electron chi connectivity index (χ2n) is 9.30. The van der Waals surface area contributed by atoms with Crippen molar-refractivity contribution in [3.8, 4) is 0 Å². The molecule has 0 spiro atoms. The fraction of sp³-hybridized carbons (Fsp3) is 0.500. The van der Waals surface area contributed by atoms with E-state index in [0.29, 0.717) is 6.61 Å². The first-order valence-electron chi connectivity index (χ1n) is 11.8. The number of carbonyl (C=O) groups excluding carboxylic acids is 1. The van der Waals surface area contributed by atoms with Gasteiger partial charge in [-0.05, 0) is 48.9 Å². The van der Waals surface area contributed by atoms with Crippen LogP contribution in [0.5, 0.6) is 0 Å². The largest absolute Gasteiger partial charge is 0.449 e. The summed E-state index contributed by atoms with van der Waals surface area (Å²) < 4.78 is 5.33. The average molecular weight is 439 g/mol. The molecule has 1 unspecified atom stereocenters. The van der Waals surface area contributed by atoms with Crippen LogP contribution in [0.1, 0.15) is 71.7 Å². The molecule has 2 aromatic rings. The number of anilines is 4. The number of hydrogen-bond acceptors (Lipinski definition) is 5. The van der Waals surface area contributed by atoms with Gasteiger partial charge >= 0.3 is 6.09 Å². The van der Waals surface area contributed by atoms with Gasteiger partial charge in [-0.25, -0.2) is 4.79 Å². The Morgan fingerprint density at radius 2 is 1.66 bits per heavy atom. The Bertz CT molecular complexity index is 915. The number of ether oxygens (including phenoxy) is 1. The van der Waals surface area contributed by atoms with Crippen LogP contribution in [-0.4, -0.2) is 25.8 Å². The van der Waals surface area contributed by atoms with Crippen LogP contribution in [0.25, 0.3) is 0 Å². The molecule has 2 aromatic carbocycles. The molecule has 0 aliphatic carbocycles. The highest BCUT2D eigenvalue weighted by molar-refractivity contribution is 5.95. The molecule has 0 fully saturated rings. The number of amides is 1. The molecular weight excluding hydrogens is 400 g/mol. The predicted octanol–water partition coefficient (Wildman–Crippen LogP) is 6.72. The smallest absolute Gasteiger partial charge is 0.411 e. The van der Waals surface area contributed by atoms with Gasteiger partial charge < -0.3 is 20.3 Å². The van der Waals surface area contributed by atoms with Gasteiger partial charge in [0.2, 0.25) is 0 Å². The Morgan fingerprint density at radius 1 is 1.03 bits per heavy atom. The Balaban J connectivity index is 1.83. The third kappa shape index (κ3) is 5.47. The summed E-state index contributed by atoms with van der Waals surface area (Å²) in [5, 5.41) is 10.1. The summed E-state index contributed by atoms with van der Waals surface area (Å²) in [6, 6.07) is 12.9. The number of nitrogens with zero attached hydrogens (tertiary/aromatic N) is 1. The van der Waals surface area contributed by atoms with Gasteiger partial charge in [-0.3, -0.25) is 5.32 Å². The molecule has 3 N–H and O–H groups in total. The summed E-state index contributed by atoms with van der Waals surface area (Å²) in [5.74, 6) is 0. The van der Waals surface area contributed by atoms with Gasteiger partial charge in [-0.1, -0.05) is 58.4 Å². The van der Waals surface area contributed by atoms with Gasteiger partial charge in [0, 0.05) is 13.1 Å². The summed E-state index contributed by atoms with van der Waals surface area (Å²) in [4.78, 5) is 14.6. The summed E-state index contributed by atoms with van der Waals surface area (Å²) in [7, 11) is 0. The van der Waals surface area contributed by atoms with E-state index in [9.17, 15) is 4.79 Å². The van der Waals surface area contributed by atoms with Crippen molar-refractivity contribution in [2.45, 2.75) is 66.0 Å². The molecule has 3 rings (SSSR count). The molecule has 0 saturated heterocycles. The van der Waals surface area contributed by atoms with Gasteiger partial charge in [-0.2, -0.15) is 0 Å². The Morgan fingerprint density at radius 3 is 2.22 bits per heavy atom. The number of unbranched alkanes of at least 4 members (excludes halogenated alkanes) is 1. The van der Waals surface area contributed by atoms with Crippen LogP contribution in [0.15, 0.2) is 36.4 Å². The van der Waals surface area contributed by atoms with Crippen LogP contribution in [0, 0.1) is 0 Å². The molecule has 1 aliphatic rings. The number of fused-ring (bicyclic) bond motifs is 1. The molecule has 6 heteroatoms. The van der Waals surface area contributed by atoms with Crippen LogP contribution >= 0.6 is 0 Å². The van der Waals surface area contributed by atoms with Gasteiger partial charge in [0.05, 0.1) is 29.4 Å². The first-order valence-corrected chi connectivity index (χ1v) is 11.8. The molecule has 6 nitrogen and oxygen atoms in total. The number of carbonyl (C=O) groups is 1. The van der Waals surface area contributed by atoms with Crippen molar-refractivity contribution in [3.63, 3.8) is 0 Å². The van der Waals surface area contributed by atoms with Crippen molar-refractivity contribution in [3.05, 3.63) is 47.5 Å². The molecule has 1 atom stereocenters. The quantitative estimate of drug-likeness (QED) is 0.400. The molecule has 0 bridgehead atoms. The van der Waals surface area contributed by atoms with Crippen LogP contribution in [0.3, 0.4) is 0 Å². The zero-order chi connectivity index (χ0) is 23.3. The highest BCUT2D eigenvalue weighted by atomic mass is 16.5. The highest BCUT2D eigenvalue weighted by Crippen LogP contribution is 2.42. The van der Waals surface area contributed by atoms with Crippen LogP contribution in [0.2, 0.25) is 0 Å². The topological polar surface area (TPSA) is 65.6 Å². The fourth-order valence-electron chi connectivity index (χ4n) is 3.90. The van der Waals surface area contributed by atoms with E-state index in [1.54, 1.807) is 0 Å². The number of hydrogen-bond donors (Lipinski definition) is 3. The van der Waals surface area contributed by atoms with Gasteiger partial charge in [-0.15, -0.1) is 0 Å². The lowest BCUT2D eigenvalue weighted by molar-refractivity contribution is 0.160. The molecule has 32 heavy (non-hydrogen) atoms. The lowest BCUT2D eigenvalue weighted by Crippen LogP contribution is -2.24. The van der Waals surface area contributed by atoms with Crippen LogP contribution < -0.4 is 20.9 Å². The monoisotopic (exact) mass is 438 g/mol. The zero-order valence-corrected chi connectivity index (χ0v) is 20.3. The van der Waals surface area contributed by atoms with E-state index < -0.39 is 6.09 Å². The minimum atomic E-state index is -0.410. The van der Waals surface area contributed by atoms with E-state index in [-0.39, 0.29) is 11.6 Å². The highest BCUT2D eigenvalue weighted by Gasteiger charge is 2.25. The van der Waals surface area contributed by atoms with Crippen molar-refractivity contribution in [2.24, 2.45) is 0 Å². The maximum Gasteiger partial charge on any atom is 0.411 e. The van der Waals surface area contributed by atoms with Crippen LogP contribution in [0.4, 0.5) is 27.5 Å². The van der Waals surface area contributed by atoms with Crippen molar-refractivity contribution in [1.29, 1.82) is 0 Å². The molecule has 1 amide bonds. The maximum atomic E-state index is 12.3.